The maximum atomic E-state index is 6.16. The lowest BCUT2D eigenvalue weighted by Gasteiger charge is -2.28. The minimum atomic E-state index is 0.447. The second-order valence-electron chi connectivity index (χ2n) is 7.53. The van der Waals surface area contributed by atoms with Crippen LogP contribution in [0.2, 0.25) is 0 Å². The van der Waals surface area contributed by atoms with Crippen LogP contribution in [0.15, 0.2) is 24.3 Å². The van der Waals surface area contributed by atoms with Crippen molar-refractivity contribution >= 4 is 0 Å². The first-order valence-corrected chi connectivity index (χ1v) is 9.97. The fourth-order valence-electron chi connectivity index (χ4n) is 3.95. The van der Waals surface area contributed by atoms with Crippen molar-refractivity contribution in [3.8, 4) is 5.75 Å². The van der Waals surface area contributed by atoms with Crippen molar-refractivity contribution in [1.29, 1.82) is 0 Å². The summed E-state index contributed by atoms with van der Waals surface area (Å²) in [6.07, 6.45) is 11.1. The van der Waals surface area contributed by atoms with E-state index in [-0.39, 0.29) is 0 Å². The molecule has 0 amide bonds. The highest BCUT2D eigenvalue weighted by Gasteiger charge is 2.21. The zero-order chi connectivity index (χ0) is 16.7. The van der Waals surface area contributed by atoms with Crippen LogP contribution in [-0.4, -0.2) is 6.10 Å². The Morgan fingerprint density at radius 2 is 1.17 bits per heavy atom. The molecule has 0 spiro atoms. The molecule has 0 N–H and O–H groups in total. The first-order valence-electron chi connectivity index (χ1n) is 9.97. The molecule has 2 aliphatic rings. The van der Waals surface area contributed by atoms with Crippen molar-refractivity contribution < 1.29 is 4.74 Å². The molecule has 0 aliphatic heterocycles. The van der Waals surface area contributed by atoms with Crippen LogP contribution >= 0.6 is 0 Å². The zero-order valence-corrected chi connectivity index (χ0v) is 15.7. The van der Waals surface area contributed by atoms with E-state index in [1.165, 1.54) is 56.9 Å². The predicted octanol–water partition coefficient (Wildman–Crippen LogP) is 6.96. The van der Waals surface area contributed by atoms with Gasteiger partial charge in [-0.05, 0) is 74.0 Å². The quantitative estimate of drug-likeness (QED) is 0.585. The van der Waals surface area contributed by atoms with Gasteiger partial charge in [0.15, 0.2) is 0 Å². The van der Waals surface area contributed by atoms with E-state index in [0.29, 0.717) is 6.10 Å². The molecule has 1 nitrogen and oxygen atoms in total. The maximum Gasteiger partial charge on any atom is 0.119 e. The molecule has 1 heteroatoms. The van der Waals surface area contributed by atoms with Crippen molar-refractivity contribution in [2.75, 3.05) is 0 Å². The Labute approximate surface area is 143 Å². The monoisotopic (exact) mass is 316 g/mol. The fourth-order valence-corrected chi connectivity index (χ4v) is 3.95. The van der Waals surface area contributed by atoms with Crippen molar-refractivity contribution in [1.82, 2.24) is 0 Å². The summed E-state index contributed by atoms with van der Waals surface area (Å²) in [5, 5.41) is 0. The van der Waals surface area contributed by atoms with Gasteiger partial charge in [0, 0.05) is 0 Å². The summed E-state index contributed by atoms with van der Waals surface area (Å²) < 4.78 is 6.16. The topological polar surface area (TPSA) is 9.23 Å². The van der Waals surface area contributed by atoms with E-state index in [4.69, 9.17) is 4.74 Å². The average Bonchev–Trinajstić information content (AvgIpc) is 2.60. The largest absolute Gasteiger partial charge is 0.490 e. The molecule has 0 radical (unpaired) electrons. The summed E-state index contributed by atoms with van der Waals surface area (Å²) >= 11 is 0. The summed E-state index contributed by atoms with van der Waals surface area (Å²) in [7, 11) is 0. The predicted molar refractivity (Wildman–Crippen MR) is 100 cm³/mol. The third kappa shape index (κ3) is 5.55. The molecular formula is C22H36O. The van der Waals surface area contributed by atoms with Crippen LogP contribution in [0, 0.1) is 11.8 Å². The minimum Gasteiger partial charge on any atom is -0.490 e. The molecule has 0 heterocycles. The van der Waals surface area contributed by atoms with Crippen LogP contribution < -0.4 is 4.74 Å². The van der Waals surface area contributed by atoms with Gasteiger partial charge >= 0.3 is 0 Å². The maximum absolute atomic E-state index is 6.16. The highest BCUT2D eigenvalue weighted by Crippen LogP contribution is 2.36. The Balaban J connectivity index is 0.000000924. The summed E-state index contributed by atoms with van der Waals surface area (Å²) in [5.41, 5.74) is 1.52. The zero-order valence-electron chi connectivity index (χ0n) is 15.7. The number of ether oxygens (including phenoxy) is 1. The van der Waals surface area contributed by atoms with Gasteiger partial charge in [0.25, 0.3) is 0 Å². The van der Waals surface area contributed by atoms with Gasteiger partial charge in [-0.3, -0.25) is 0 Å². The van der Waals surface area contributed by atoms with Gasteiger partial charge in [-0.1, -0.05) is 52.7 Å². The van der Waals surface area contributed by atoms with Gasteiger partial charge in [0.05, 0.1) is 6.10 Å². The van der Waals surface area contributed by atoms with E-state index in [1.54, 1.807) is 0 Å². The number of hydrogen-bond donors (Lipinski definition) is 0. The summed E-state index contributed by atoms with van der Waals surface area (Å²) in [6, 6.07) is 9.01. The summed E-state index contributed by atoms with van der Waals surface area (Å²) in [4.78, 5) is 0. The Morgan fingerprint density at radius 1 is 0.696 bits per heavy atom. The van der Waals surface area contributed by atoms with E-state index < -0.39 is 0 Å². The van der Waals surface area contributed by atoms with Gasteiger partial charge < -0.3 is 4.74 Å². The molecular weight excluding hydrogens is 280 g/mol. The summed E-state index contributed by atoms with van der Waals surface area (Å²) in [5.74, 6) is 3.67. The molecule has 2 aliphatic carbocycles. The highest BCUT2D eigenvalue weighted by molar-refractivity contribution is 5.30. The van der Waals surface area contributed by atoms with E-state index in [0.717, 1.165) is 23.5 Å². The minimum absolute atomic E-state index is 0.447. The van der Waals surface area contributed by atoms with Crippen molar-refractivity contribution in [2.45, 2.75) is 91.1 Å². The van der Waals surface area contributed by atoms with Crippen LogP contribution in [0.3, 0.4) is 0 Å². The number of benzene rings is 1. The van der Waals surface area contributed by atoms with Gasteiger partial charge in [0.2, 0.25) is 0 Å². The van der Waals surface area contributed by atoms with Crippen LogP contribution in [-0.2, 0) is 0 Å². The molecule has 0 saturated heterocycles. The second-order valence-corrected chi connectivity index (χ2v) is 7.53. The standard InChI is InChI=1S/C20H30O.C2H6/c1-15-3-7-17(8-4-15)18-9-13-20(14-10-18)21-19-11-5-16(2)6-12-19;1-2/h9-10,13-17,19H,3-8,11-12H2,1-2H3;1-2H3. The summed E-state index contributed by atoms with van der Waals surface area (Å²) in [6.45, 7) is 8.74. The number of hydrogen-bond acceptors (Lipinski definition) is 1. The van der Waals surface area contributed by atoms with Crippen LogP contribution in [0.5, 0.6) is 5.75 Å². The molecule has 130 valence electrons. The Morgan fingerprint density at radius 3 is 1.70 bits per heavy atom. The molecule has 2 saturated carbocycles. The first-order chi connectivity index (χ1) is 11.2. The lowest BCUT2D eigenvalue weighted by atomic mass is 9.79. The fraction of sp³-hybridized carbons (Fsp3) is 0.727. The average molecular weight is 317 g/mol. The molecule has 3 rings (SSSR count). The van der Waals surface area contributed by atoms with Gasteiger partial charge in [0.1, 0.15) is 5.75 Å². The van der Waals surface area contributed by atoms with Crippen LogP contribution in [0.25, 0.3) is 0 Å². The molecule has 0 atom stereocenters. The third-order valence-electron chi connectivity index (χ3n) is 5.63. The molecule has 0 unspecified atom stereocenters. The lowest BCUT2D eigenvalue weighted by molar-refractivity contribution is 0.135. The molecule has 0 bridgehead atoms. The van der Waals surface area contributed by atoms with Crippen molar-refractivity contribution in [3.63, 3.8) is 0 Å². The highest BCUT2D eigenvalue weighted by atomic mass is 16.5. The first kappa shape index (κ1) is 18.4. The second kappa shape index (κ2) is 9.35. The molecule has 2 fully saturated rings. The smallest absolute Gasteiger partial charge is 0.119 e. The van der Waals surface area contributed by atoms with E-state index in [2.05, 4.69) is 38.1 Å². The van der Waals surface area contributed by atoms with E-state index in [9.17, 15) is 0 Å². The van der Waals surface area contributed by atoms with Gasteiger partial charge in [-0.25, -0.2) is 0 Å². The Bertz CT molecular complexity index is 420. The van der Waals surface area contributed by atoms with Gasteiger partial charge in [-0.15, -0.1) is 0 Å². The van der Waals surface area contributed by atoms with Gasteiger partial charge in [-0.2, -0.15) is 0 Å². The lowest BCUT2D eigenvalue weighted by Crippen LogP contribution is -2.23. The molecule has 1 aromatic rings. The Kier molecular flexibility index (Phi) is 7.46. The molecule has 23 heavy (non-hydrogen) atoms. The van der Waals surface area contributed by atoms with E-state index in [1.807, 2.05) is 13.8 Å². The van der Waals surface area contributed by atoms with Crippen LogP contribution in [0.4, 0.5) is 0 Å². The normalized spacial score (nSPS) is 31.0. The van der Waals surface area contributed by atoms with E-state index >= 15 is 0 Å². The SMILES string of the molecule is CC.CC1CCC(Oc2ccc(C3CCC(C)CC3)cc2)CC1. The number of rotatable bonds is 3. The molecule has 0 aromatic heterocycles. The van der Waals surface area contributed by atoms with Crippen molar-refractivity contribution in [2.24, 2.45) is 11.8 Å². The molecule has 1 aromatic carbocycles. The van der Waals surface area contributed by atoms with Crippen molar-refractivity contribution in [3.05, 3.63) is 29.8 Å². The Hall–Kier alpha value is -0.980. The van der Waals surface area contributed by atoms with Crippen LogP contribution in [0.1, 0.15) is 90.5 Å². The third-order valence-corrected chi connectivity index (χ3v) is 5.63.